The van der Waals surface area contributed by atoms with E-state index in [0.29, 0.717) is 0 Å². The van der Waals surface area contributed by atoms with Crippen molar-refractivity contribution in [3.63, 3.8) is 0 Å². The van der Waals surface area contributed by atoms with Gasteiger partial charge in [0.15, 0.2) is 0 Å². The van der Waals surface area contributed by atoms with E-state index < -0.39 is 0 Å². The van der Waals surface area contributed by atoms with Gasteiger partial charge in [0.1, 0.15) is 0 Å². The highest BCUT2D eigenvalue weighted by atomic mass is 14.9. The van der Waals surface area contributed by atoms with Gasteiger partial charge in [0.2, 0.25) is 0 Å². The molecule has 0 radical (unpaired) electrons. The fourth-order valence-electron chi connectivity index (χ4n) is 4.07. The lowest BCUT2D eigenvalue weighted by Gasteiger charge is -2.04. The number of benzene rings is 4. The lowest BCUT2D eigenvalue weighted by Crippen LogP contribution is -1.86. The zero-order valence-electron chi connectivity index (χ0n) is 18.5. The Morgan fingerprint density at radius 3 is 1.17 bits per heavy atom. The lowest BCUT2D eigenvalue weighted by molar-refractivity contribution is 1.01. The molecule has 0 atom stereocenters. The van der Waals surface area contributed by atoms with Gasteiger partial charge in [-0.05, 0) is 60.4 Å². The lowest BCUT2D eigenvalue weighted by atomic mass is 9.99. The Labute approximate surface area is 179 Å². The monoisotopic (exact) mass is 391 g/mol. The van der Waals surface area contributed by atoms with E-state index in [1.165, 1.54) is 55.2 Å². The summed E-state index contributed by atoms with van der Waals surface area (Å²) in [4.78, 5) is 0. The normalized spacial score (nSPS) is 10.8. The molecule has 0 aliphatic heterocycles. The van der Waals surface area contributed by atoms with Crippen molar-refractivity contribution in [1.82, 2.24) is 4.57 Å². The summed E-state index contributed by atoms with van der Waals surface area (Å²) in [5, 5.41) is 2.62. The second kappa shape index (κ2) is 8.20. The highest BCUT2D eigenvalue weighted by Gasteiger charge is 2.11. The van der Waals surface area contributed by atoms with Gasteiger partial charge in [0.05, 0.1) is 0 Å². The second-order valence-corrected chi connectivity index (χ2v) is 7.75. The molecule has 30 heavy (non-hydrogen) atoms. The van der Waals surface area contributed by atoms with Crippen molar-refractivity contribution in [1.29, 1.82) is 0 Å². The zero-order valence-corrected chi connectivity index (χ0v) is 18.5. The van der Waals surface area contributed by atoms with Crippen molar-refractivity contribution in [2.45, 2.75) is 27.7 Å². The summed E-state index contributed by atoms with van der Waals surface area (Å²) < 4.78 is 2.29. The summed E-state index contributed by atoms with van der Waals surface area (Å²) in [5.41, 5.74) is 10.2. The van der Waals surface area contributed by atoms with Crippen molar-refractivity contribution < 1.29 is 0 Å². The van der Waals surface area contributed by atoms with E-state index in [-0.39, 0.29) is 0 Å². The molecule has 5 rings (SSSR count). The van der Waals surface area contributed by atoms with Gasteiger partial charge < -0.3 is 4.57 Å². The number of aryl methyl sites for hydroxylation is 3. The summed E-state index contributed by atoms with van der Waals surface area (Å²) in [6.07, 6.45) is 0. The molecule has 0 bridgehead atoms. The molecular formula is C29H29N. The topological polar surface area (TPSA) is 4.93 Å². The summed E-state index contributed by atoms with van der Waals surface area (Å²) in [6, 6.07) is 31.2. The van der Waals surface area contributed by atoms with Crippen LogP contribution in [0, 0.1) is 13.8 Å². The third kappa shape index (κ3) is 3.52. The summed E-state index contributed by atoms with van der Waals surface area (Å²) in [7, 11) is 2.15. The molecule has 0 fully saturated rings. The van der Waals surface area contributed by atoms with Crippen LogP contribution in [-0.4, -0.2) is 4.57 Å². The van der Waals surface area contributed by atoms with Gasteiger partial charge >= 0.3 is 0 Å². The van der Waals surface area contributed by atoms with Crippen molar-refractivity contribution in [2.75, 3.05) is 0 Å². The number of fused-ring (bicyclic) bond motifs is 3. The maximum absolute atomic E-state index is 2.33. The molecule has 0 unspecified atom stereocenters. The van der Waals surface area contributed by atoms with Crippen LogP contribution >= 0.6 is 0 Å². The van der Waals surface area contributed by atoms with E-state index in [2.05, 4.69) is 110 Å². The second-order valence-electron chi connectivity index (χ2n) is 7.75. The molecule has 0 aliphatic rings. The van der Waals surface area contributed by atoms with Gasteiger partial charge in [-0.3, -0.25) is 0 Å². The van der Waals surface area contributed by atoms with E-state index in [0.717, 1.165) is 0 Å². The van der Waals surface area contributed by atoms with Gasteiger partial charge in [-0.25, -0.2) is 0 Å². The molecule has 0 amide bonds. The maximum Gasteiger partial charge on any atom is 0.0489 e. The Morgan fingerprint density at radius 1 is 0.467 bits per heavy atom. The van der Waals surface area contributed by atoms with Crippen molar-refractivity contribution in [3.05, 3.63) is 96.1 Å². The third-order valence-corrected chi connectivity index (χ3v) is 5.78. The van der Waals surface area contributed by atoms with Gasteiger partial charge in [-0.2, -0.15) is 0 Å². The Balaban J connectivity index is 0.00000106. The van der Waals surface area contributed by atoms with Crippen molar-refractivity contribution in [3.8, 4) is 22.3 Å². The van der Waals surface area contributed by atoms with E-state index >= 15 is 0 Å². The highest BCUT2D eigenvalue weighted by molar-refractivity contribution is 6.10. The number of hydrogen-bond donors (Lipinski definition) is 0. The van der Waals surface area contributed by atoms with E-state index in [1.54, 1.807) is 0 Å². The average molecular weight is 392 g/mol. The van der Waals surface area contributed by atoms with Crippen LogP contribution in [0.2, 0.25) is 0 Å². The molecule has 1 nitrogen and oxygen atoms in total. The predicted octanol–water partition coefficient (Wildman–Crippen LogP) is 8.31. The first-order valence-corrected chi connectivity index (χ1v) is 10.8. The van der Waals surface area contributed by atoms with Crippen LogP contribution in [0.3, 0.4) is 0 Å². The first-order valence-electron chi connectivity index (χ1n) is 10.8. The Kier molecular flexibility index (Phi) is 5.46. The van der Waals surface area contributed by atoms with Gasteiger partial charge in [0, 0.05) is 28.9 Å². The quantitative estimate of drug-likeness (QED) is 0.285. The molecule has 5 aromatic rings. The fraction of sp³-hybridized carbons (Fsp3) is 0.172. The Bertz CT molecular complexity index is 1200. The Hall–Kier alpha value is -3.32. The molecule has 0 aliphatic carbocycles. The SMILES string of the molecule is CC.Cc1ccc(-c2ccc3c(c2)c2cc(-c4ccc(C)cc4)ccc2n3C)cc1. The van der Waals surface area contributed by atoms with Crippen LogP contribution in [0.25, 0.3) is 44.1 Å². The molecule has 1 heteroatoms. The standard InChI is InChI=1S/C27H23N.C2H6/c1-18-4-8-20(9-5-18)22-12-14-26-24(16-22)25-17-23(13-15-27(25)28(26)3)21-10-6-19(2)7-11-21;1-2/h4-17H,1-3H3;1-2H3. The summed E-state index contributed by atoms with van der Waals surface area (Å²) in [6.45, 7) is 8.26. The molecule has 4 aromatic carbocycles. The molecule has 0 saturated heterocycles. The maximum atomic E-state index is 2.33. The molecule has 0 spiro atoms. The average Bonchev–Trinajstić information content (AvgIpc) is 3.07. The smallest absolute Gasteiger partial charge is 0.0489 e. The van der Waals surface area contributed by atoms with Crippen LogP contribution in [-0.2, 0) is 7.05 Å². The Morgan fingerprint density at radius 2 is 0.800 bits per heavy atom. The van der Waals surface area contributed by atoms with Crippen LogP contribution in [0.4, 0.5) is 0 Å². The number of rotatable bonds is 2. The summed E-state index contributed by atoms with van der Waals surface area (Å²) >= 11 is 0. The molecule has 1 heterocycles. The minimum Gasteiger partial charge on any atom is -0.344 e. The largest absolute Gasteiger partial charge is 0.344 e. The number of aromatic nitrogens is 1. The van der Waals surface area contributed by atoms with Crippen molar-refractivity contribution in [2.24, 2.45) is 7.05 Å². The van der Waals surface area contributed by atoms with E-state index in [9.17, 15) is 0 Å². The van der Waals surface area contributed by atoms with Crippen LogP contribution in [0.5, 0.6) is 0 Å². The molecule has 1 aromatic heterocycles. The zero-order chi connectivity index (χ0) is 21.3. The fourth-order valence-corrected chi connectivity index (χ4v) is 4.07. The van der Waals surface area contributed by atoms with E-state index in [1.807, 2.05) is 13.8 Å². The van der Waals surface area contributed by atoms with Gasteiger partial charge in [-0.1, -0.05) is 85.6 Å². The molecule has 0 N–H and O–H groups in total. The van der Waals surface area contributed by atoms with Gasteiger partial charge in [-0.15, -0.1) is 0 Å². The molecular weight excluding hydrogens is 362 g/mol. The molecule has 150 valence electrons. The minimum absolute atomic E-state index is 1.26. The first-order chi connectivity index (χ1) is 14.6. The minimum atomic E-state index is 1.26. The third-order valence-electron chi connectivity index (χ3n) is 5.78. The van der Waals surface area contributed by atoms with Gasteiger partial charge in [0.25, 0.3) is 0 Å². The number of hydrogen-bond acceptors (Lipinski definition) is 0. The van der Waals surface area contributed by atoms with Crippen LogP contribution < -0.4 is 0 Å². The first kappa shape index (κ1) is 20.0. The summed E-state index contributed by atoms with van der Waals surface area (Å²) in [5.74, 6) is 0. The predicted molar refractivity (Wildman–Crippen MR) is 132 cm³/mol. The molecule has 0 saturated carbocycles. The highest BCUT2D eigenvalue weighted by Crippen LogP contribution is 2.34. The van der Waals surface area contributed by atoms with Crippen LogP contribution in [0.1, 0.15) is 25.0 Å². The number of nitrogens with zero attached hydrogens (tertiary/aromatic N) is 1. The van der Waals surface area contributed by atoms with E-state index in [4.69, 9.17) is 0 Å². The van der Waals surface area contributed by atoms with Crippen molar-refractivity contribution >= 4 is 21.8 Å². The van der Waals surface area contributed by atoms with Crippen LogP contribution in [0.15, 0.2) is 84.9 Å².